The lowest BCUT2D eigenvalue weighted by Crippen LogP contribution is -2.34. The number of hydrogen-bond donors (Lipinski definition) is 1. The summed E-state index contributed by atoms with van der Waals surface area (Å²) in [6.45, 7) is 4.35. The molecule has 1 aliphatic rings. The van der Waals surface area contributed by atoms with Gasteiger partial charge in [-0.15, -0.1) is 0 Å². The van der Waals surface area contributed by atoms with Crippen molar-refractivity contribution in [3.05, 3.63) is 0 Å². The van der Waals surface area contributed by atoms with Gasteiger partial charge in [0.05, 0.1) is 0 Å². The maximum atomic E-state index is 11.6. The lowest BCUT2D eigenvalue weighted by Gasteiger charge is -2.29. The van der Waals surface area contributed by atoms with E-state index in [9.17, 15) is 4.79 Å². The van der Waals surface area contributed by atoms with Gasteiger partial charge in [-0.05, 0) is 5.92 Å². The average Bonchev–Trinajstić information content (AvgIpc) is 1.96. The van der Waals surface area contributed by atoms with E-state index in [1.807, 2.05) is 13.8 Å². The van der Waals surface area contributed by atoms with E-state index in [2.05, 4.69) is 0 Å². The largest absolute Gasteiger partial charge is 0.329 e. The standard InChI is InChI=1S/C10H19NO/c1-10(2,7-11)9(12)6-8-4-3-5-8/h8H,3-7,11H2,1-2H3. The zero-order chi connectivity index (χ0) is 9.19. The molecular weight excluding hydrogens is 150 g/mol. The van der Waals surface area contributed by atoms with Crippen LogP contribution in [-0.2, 0) is 4.79 Å². The molecular formula is C10H19NO. The van der Waals surface area contributed by atoms with Crippen LogP contribution in [-0.4, -0.2) is 12.3 Å². The first-order valence-electron chi connectivity index (χ1n) is 4.79. The van der Waals surface area contributed by atoms with Crippen molar-refractivity contribution < 1.29 is 4.79 Å². The molecule has 0 bridgehead atoms. The molecule has 12 heavy (non-hydrogen) atoms. The van der Waals surface area contributed by atoms with Gasteiger partial charge in [0.2, 0.25) is 0 Å². The summed E-state index contributed by atoms with van der Waals surface area (Å²) in [6, 6.07) is 0. The van der Waals surface area contributed by atoms with Crippen molar-refractivity contribution in [2.24, 2.45) is 17.1 Å². The third-order valence-electron chi connectivity index (χ3n) is 2.96. The molecule has 1 fully saturated rings. The van der Waals surface area contributed by atoms with E-state index in [0.717, 1.165) is 6.42 Å². The highest BCUT2D eigenvalue weighted by atomic mass is 16.1. The van der Waals surface area contributed by atoms with E-state index in [1.165, 1.54) is 19.3 Å². The Hall–Kier alpha value is -0.370. The van der Waals surface area contributed by atoms with Crippen molar-refractivity contribution in [2.75, 3.05) is 6.54 Å². The first kappa shape index (κ1) is 9.72. The van der Waals surface area contributed by atoms with Crippen molar-refractivity contribution in [1.29, 1.82) is 0 Å². The Labute approximate surface area is 74.5 Å². The van der Waals surface area contributed by atoms with Crippen molar-refractivity contribution >= 4 is 5.78 Å². The van der Waals surface area contributed by atoms with Crippen molar-refractivity contribution in [1.82, 2.24) is 0 Å². The summed E-state index contributed by atoms with van der Waals surface area (Å²) < 4.78 is 0. The highest BCUT2D eigenvalue weighted by molar-refractivity contribution is 5.84. The predicted octanol–water partition coefficient (Wildman–Crippen LogP) is 1.73. The zero-order valence-electron chi connectivity index (χ0n) is 8.10. The molecule has 0 spiro atoms. The molecule has 0 atom stereocenters. The second kappa shape index (κ2) is 3.56. The molecule has 2 heteroatoms. The molecule has 0 unspecified atom stereocenters. The number of carbonyl (C=O) groups excluding carboxylic acids is 1. The van der Waals surface area contributed by atoms with Crippen molar-refractivity contribution in [3.8, 4) is 0 Å². The van der Waals surface area contributed by atoms with Crippen LogP contribution >= 0.6 is 0 Å². The first-order valence-corrected chi connectivity index (χ1v) is 4.79. The van der Waals surface area contributed by atoms with Gasteiger partial charge in [0, 0.05) is 18.4 Å². The number of carbonyl (C=O) groups is 1. The van der Waals surface area contributed by atoms with Crippen LogP contribution in [0.4, 0.5) is 0 Å². The molecule has 0 amide bonds. The Morgan fingerprint density at radius 3 is 2.42 bits per heavy atom. The monoisotopic (exact) mass is 169 g/mol. The van der Waals surface area contributed by atoms with E-state index >= 15 is 0 Å². The Morgan fingerprint density at radius 1 is 1.50 bits per heavy atom. The summed E-state index contributed by atoms with van der Waals surface area (Å²) in [5, 5.41) is 0. The molecule has 1 rings (SSSR count). The molecule has 0 saturated heterocycles. The van der Waals surface area contributed by atoms with Gasteiger partial charge in [0.15, 0.2) is 0 Å². The van der Waals surface area contributed by atoms with Crippen molar-refractivity contribution in [3.63, 3.8) is 0 Å². The zero-order valence-corrected chi connectivity index (χ0v) is 8.10. The fourth-order valence-corrected chi connectivity index (χ4v) is 1.35. The fraction of sp³-hybridized carbons (Fsp3) is 0.900. The van der Waals surface area contributed by atoms with Crippen LogP contribution in [0.1, 0.15) is 39.5 Å². The molecule has 2 nitrogen and oxygen atoms in total. The quantitative estimate of drug-likeness (QED) is 0.696. The van der Waals surface area contributed by atoms with Gasteiger partial charge in [-0.25, -0.2) is 0 Å². The van der Waals surface area contributed by atoms with E-state index < -0.39 is 0 Å². The fourth-order valence-electron chi connectivity index (χ4n) is 1.35. The second-order valence-corrected chi connectivity index (χ2v) is 4.51. The third-order valence-corrected chi connectivity index (χ3v) is 2.96. The van der Waals surface area contributed by atoms with Gasteiger partial charge in [-0.2, -0.15) is 0 Å². The van der Waals surface area contributed by atoms with Gasteiger partial charge in [0.1, 0.15) is 5.78 Å². The number of rotatable bonds is 4. The Balaban J connectivity index is 2.35. The van der Waals surface area contributed by atoms with Crippen LogP contribution in [0.25, 0.3) is 0 Å². The van der Waals surface area contributed by atoms with Gasteiger partial charge < -0.3 is 5.73 Å². The van der Waals surface area contributed by atoms with Crippen LogP contribution < -0.4 is 5.73 Å². The lowest BCUT2D eigenvalue weighted by molar-refractivity contribution is -0.128. The van der Waals surface area contributed by atoms with Crippen LogP contribution in [0, 0.1) is 11.3 Å². The maximum absolute atomic E-state index is 11.6. The summed E-state index contributed by atoms with van der Waals surface area (Å²) in [4.78, 5) is 11.6. The number of ketones is 1. The van der Waals surface area contributed by atoms with Crippen LogP contribution in [0.3, 0.4) is 0 Å². The third kappa shape index (κ3) is 2.07. The molecule has 2 N–H and O–H groups in total. The topological polar surface area (TPSA) is 43.1 Å². The minimum absolute atomic E-state index is 0.296. The van der Waals surface area contributed by atoms with Gasteiger partial charge in [0.25, 0.3) is 0 Å². The number of Topliss-reactive ketones (excluding diaryl/α,β-unsaturated/α-hetero) is 1. The Morgan fingerprint density at radius 2 is 2.08 bits per heavy atom. The van der Waals surface area contributed by atoms with Gasteiger partial charge >= 0.3 is 0 Å². The van der Waals surface area contributed by atoms with E-state index in [0.29, 0.717) is 18.2 Å². The summed E-state index contributed by atoms with van der Waals surface area (Å²) in [7, 11) is 0. The molecule has 0 heterocycles. The molecule has 0 aromatic rings. The summed E-state index contributed by atoms with van der Waals surface area (Å²) >= 11 is 0. The van der Waals surface area contributed by atoms with Crippen molar-refractivity contribution in [2.45, 2.75) is 39.5 Å². The lowest BCUT2D eigenvalue weighted by atomic mass is 9.76. The minimum atomic E-state index is -0.296. The molecule has 0 aliphatic heterocycles. The minimum Gasteiger partial charge on any atom is -0.329 e. The highest BCUT2D eigenvalue weighted by Crippen LogP contribution is 2.32. The second-order valence-electron chi connectivity index (χ2n) is 4.51. The molecule has 0 aromatic heterocycles. The van der Waals surface area contributed by atoms with E-state index in [-0.39, 0.29) is 5.41 Å². The molecule has 1 saturated carbocycles. The molecule has 0 aromatic carbocycles. The maximum Gasteiger partial charge on any atom is 0.140 e. The van der Waals surface area contributed by atoms with Crippen LogP contribution in [0.2, 0.25) is 0 Å². The molecule has 0 radical (unpaired) electrons. The van der Waals surface area contributed by atoms with Crippen LogP contribution in [0.5, 0.6) is 0 Å². The highest BCUT2D eigenvalue weighted by Gasteiger charge is 2.29. The number of nitrogens with two attached hydrogens (primary N) is 1. The average molecular weight is 169 g/mol. The van der Waals surface area contributed by atoms with Crippen LogP contribution in [0.15, 0.2) is 0 Å². The van der Waals surface area contributed by atoms with E-state index in [1.54, 1.807) is 0 Å². The Kier molecular flexibility index (Phi) is 2.89. The summed E-state index contributed by atoms with van der Waals surface area (Å²) in [6.07, 6.45) is 4.55. The van der Waals surface area contributed by atoms with Gasteiger partial charge in [-0.1, -0.05) is 33.1 Å². The number of hydrogen-bond acceptors (Lipinski definition) is 2. The molecule has 1 aliphatic carbocycles. The van der Waals surface area contributed by atoms with Gasteiger partial charge in [-0.3, -0.25) is 4.79 Å². The normalized spacial score (nSPS) is 18.9. The molecule has 70 valence electrons. The SMILES string of the molecule is CC(C)(CN)C(=O)CC1CCC1. The summed E-state index contributed by atoms with van der Waals surface area (Å²) in [5.74, 6) is 1.01. The Bertz CT molecular complexity index is 171. The smallest absolute Gasteiger partial charge is 0.140 e. The predicted molar refractivity (Wildman–Crippen MR) is 49.8 cm³/mol. The van der Waals surface area contributed by atoms with E-state index in [4.69, 9.17) is 5.73 Å². The summed E-state index contributed by atoms with van der Waals surface area (Å²) in [5.41, 5.74) is 5.23. The first-order chi connectivity index (χ1) is 5.56.